The lowest BCUT2D eigenvalue weighted by Crippen LogP contribution is -2.31. The number of hydrogen-bond acceptors (Lipinski definition) is 3. The third-order valence-electron chi connectivity index (χ3n) is 3.27. The molecule has 6 heteroatoms. The molecule has 23 heavy (non-hydrogen) atoms. The molecule has 0 fully saturated rings. The largest absolute Gasteiger partial charge is 0.354 e. The van der Waals surface area contributed by atoms with Gasteiger partial charge in [0.2, 0.25) is 5.91 Å². The van der Waals surface area contributed by atoms with E-state index in [1.54, 1.807) is 18.2 Å². The molecule has 0 saturated heterocycles. The van der Waals surface area contributed by atoms with Gasteiger partial charge in [-0.25, -0.2) is 0 Å². The third-order valence-corrected chi connectivity index (χ3v) is 3.27. The first-order chi connectivity index (χ1) is 11.0. The molecule has 2 amide bonds. The topological polar surface area (TPSA) is 86.9 Å². The van der Waals surface area contributed by atoms with E-state index in [2.05, 4.69) is 20.8 Å². The fourth-order valence-electron chi connectivity index (χ4n) is 2.12. The maximum atomic E-state index is 12.1. The lowest BCUT2D eigenvalue weighted by molar-refractivity contribution is -0.120. The number of hydrogen-bond donors (Lipinski definition) is 3. The van der Waals surface area contributed by atoms with Crippen molar-refractivity contribution in [3.63, 3.8) is 0 Å². The van der Waals surface area contributed by atoms with E-state index in [4.69, 9.17) is 0 Å². The van der Waals surface area contributed by atoms with E-state index in [1.165, 1.54) is 0 Å². The first-order valence-electron chi connectivity index (χ1n) is 7.72. The normalized spacial score (nSPS) is 10.6. The van der Waals surface area contributed by atoms with Gasteiger partial charge in [0.05, 0.1) is 6.42 Å². The molecule has 0 aliphatic rings. The quantitative estimate of drug-likeness (QED) is 0.764. The molecule has 0 unspecified atom stereocenters. The number of amides is 2. The van der Waals surface area contributed by atoms with Crippen LogP contribution in [0.3, 0.4) is 0 Å². The number of aromatic nitrogens is 2. The molecule has 122 valence electrons. The minimum Gasteiger partial charge on any atom is -0.354 e. The Morgan fingerprint density at radius 2 is 1.91 bits per heavy atom. The summed E-state index contributed by atoms with van der Waals surface area (Å²) in [5.74, 6) is -0.272. The molecule has 0 bridgehead atoms. The molecule has 0 aliphatic heterocycles. The van der Waals surface area contributed by atoms with Crippen LogP contribution in [-0.4, -0.2) is 28.1 Å². The zero-order chi connectivity index (χ0) is 16.8. The second-order valence-electron chi connectivity index (χ2n) is 5.68. The number of benzene rings is 1. The highest BCUT2D eigenvalue weighted by atomic mass is 16.2. The van der Waals surface area contributed by atoms with Gasteiger partial charge in [-0.1, -0.05) is 19.1 Å². The maximum Gasteiger partial charge on any atom is 0.276 e. The summed E-state index contributed by atoms with van der Waals surface area (Å²) in [5.41, 5.74) is 2.85. The minimum absolute atomic E-state index is 0.0135. The fourth-order valence-corrected chi connectivity index (χ4v) is 2.12. The molecule has 3 N–H and O–H groups in total. The van der Waals surface area contributed by atoms with Crippen molar-refractivity contribution in [2.24, 2.45) is 0 Å². The zero-order valence-corrected chi connectivity index (χ0v) is 13.6. The average molecular weight is 314 g/mol. The fraction of sp³-hybridized carbons (Fsp3) is 0.353. The Balaban J connectivity index is 1.94. The molecule has 1 aromatic carbocycles. The second kappa shape index (κ2) is 7.58. The van der Waals surface area contributed by atoms with Crippen molar-refractivity contribution in [3.05, 3.63) is 47.3 Å². The van der Waals surface area contributed by atoms with Gasteiger partial charge in [-0.15, -0.1) is 0 Å². The highest BCUT2D eigenvalue weighted by molar-refractivity contribution is 6.02. The first kappa shape index (κ1) is 16.7. The molecule has 0 radical (unpaired) electrons. The average Bonchev–Trinajstić information content (AvgIpc) is 2.97. The van der Waals surface area contributed by atoms with Gasteiger partial charge in [0, 0.05) is 17.4 Å². The standard InChI is InChI=1S/C17H22N4O2/c1-4-13-10-15(21-20-13)17(23)19-14-7-5-12(6-8-14)9-16(22)18-11(2)3/h5-8,10-11H,4,9H2,1-3H3,(H,18,22)(H,19,23)(H,20,21). The molecule has 1 aromatic heterocycles. The molecular weight excluding hydrogens is 292 g/mol. The molecule has 1 heterocycles. The molecule has 0 aliphatic carbocycles. The molecular formula is C17H22N4O2. The van der Waals surface area contributed by atoms with E-state index < -0.39 is 0 Å². The molecule has 2 aromatic rings. The molecule has 0 spiro atoms. The van der Waals surface area contributed by atoms with Crippen molar-refractivity contribution in [2.45, 2.75) is 39.7 Å². The zero-order valence-electron chi connectivity index (χ0n) is 13.6. The van der Waals surface area contributed by atoms with E-state index in [1.807, 2.05) is 32.9 Å². The number of carbonyl (C=O) groups is 2. The monoisotopic (exact) mass is 314 g/mol. The van der Waals surface area contributed by atoms with Crippen LogP contribution in [0.4, 0.5) is 5.69 Å². The van der Waals surface area contributed by atoms with Crippen LogP contribution in [0.25, 0.3) is 0 Å². The maximum absolute atomic E-state index is 12.1. The number of aromatic amines is 1. The number of anilines is 1. The van der Waals surface area contributed by atoms with Crippen LogP contribution in [0.1, 0.15) is 42.5 Å². The Morgan fingerprint density at radius 1 is 1.22 bits per heavy atom. The highest BCUT2D eigenvalue weighted by Crippen LogP contribution is 2.12. The van der Waals surface area contributed by atoms with Gasteiger partial charge in [-0.3, -0.25) is 14.7 Å². The van der Waals surface area contributed by atoms with E-state index in [9.17, 15) is 9.59 Å². The number of aryl methyl sites for hydroxylation is 1. The van der Waals surface area contributed by atoms with Crippen LogP contribution in [0.15, 0.2) is 30.3 Å². The Morgan fingerprint density at radius 3 is 2.48 bits per heavy atom. The van der Waals surface area contributed by atoms with E-state index in [0.29, 0.717) is 17.8 Å². The lowest BCUT2D eigenvalue weighted by Gasteiger charge is -2.09. The Kier molecular flexibility index (Phi) is 5.51. The van der Waals surface area contributed by atoms with Crippen molar-refractivity contribution in [2.75, 3.05) is 5.32 Å². The van der Waals surface area contributed by atoms with Gasteiger partial charge < -0.3 is 10.6 Å². The predicted molar refractivity (Wildman–Crippen MR) is 89.3 cm³/mol. The summed E-state index contributed by atoms with van der Waals surface area (Å²) in [6.45, 7) is 5.84. The van der Waals surface area contributed by atoms with Crippen LogP contribution in [-0.2, 0) is 17.6 Å². The van der Waals surface area contributed by atoms with Crippen LogP contribution in [0.5, 0.6) is 0 Å². The number of carbonyl (C=O) groups excluding carboxylic acids is 2. The van der Waals surface area contributed by atoms with Crippen LogP contribution < -0.4 is 10.6 Å². The Hall–Kier alpha value is -2.63. The summed E-state index contributed by atoms with van der Waals surface area (Å²) < 4.78 is 0. The van der Waals surface area contributed by atoms with Gasteiger partial charge in [-0.05, 0) is 44.0 Å². The van der Waals surface area contributed by atoms with E-state index >= 15 is 0 Å². The minimum atomic E-state index is -0.258. The van der Waals surface area contributed by atoms with E-state index in [0.717, 1.165) is 17.7 Å². The van der Waals surface area contributed by atoms with Crippen molar-refractivity contribution >= 4 is 17.5 Å². The summed E-state index contributed by atoms with van der Waals surface area (Å²) in [6, 6.07) is 9.09. The van der Waals surface area contributed by atoms with Gasteiger partial charge in [0.15, 0.2) is 5.69 Å². The van der Waals surface area contributed by atoms with Gasteiger partial charge in [-0.2, -0.15) is 5.10 Å². The second-order valence-corrected chi connectivity index (χ2v) is 5.68. The Labute approximate surface area is 135 Å². The number of rotatable bonds is 6. The van der Waals surface area contributed by atoms with Crippen LogP contribution in [0, 0.1) is 0 Å². The molecule has 0 saturated carbocycles. The molecule has 0 atom stereocenters. The summed E-state index contributed by atoms with van der Waals surface area (Å²) >= 11 is 0. The molecule has 2 rings (SSSR count). The summed E-state index contributed by atoms with van der Waals surface area (Å²) in [7, 11) is 0. The van der Waals surface area contributed by atoms with Crippen molar-refractivity contribution < 1.29 is 9.59 Å². The summed E-state index contributed by atoms with van der Waals surface area (Å²) in [6.07, 6.45) is 1.12. The van der Waals surface area contributed by atoms with E-state index in [-0.39, 0.29) is 17.9 Å². The smallest absolute Gasteiger partial charge is 0.276 e. The number of nitrogens with zero attached hydrogens (tertiary/aromatic N) is 1. The van der Waals surface area contributed by atoms with Crippen LogP contribution >= 0.6 is 0 Å². The predicted octanol–water partition coefficient (Wildman–Crippen LogP) is 2.29. The lowest BCUT2D eigenvalue weighted by atomic mass is 10.1. The van der Waals surface area contributed by atoms with Crippen molar-refractivity contribution in [1.82, 2.24) is 15.5 Å². The van der Waals surface area contributed by atoms with Gasteiger partial charge >= 0.3 is 0 Å². The first-order valence-corrected chi connectivity index (χ1v) is 7.72. The summed E-state index contributed by atoms with van der Waals surface area (Å²) in [4.78, 5) is 23.8. The number of nitrogens with one attached hydrogen (secondary N) is 3. The Bertz CT molecular complexity index is 674. The van der Waals surface area contributed by atoms with Crippen molar-refractivity contribution in [1.29, 1.82) is 0 Å². The van der Waals surface area contributed by atoms with Crippen LogP contribution in [0.2, 0.25) is 0 Å². The number of H-pyrrole nitrogens is 1. The van der Waals surface area contributed by atoms with Crippen molar-refractivity contribution in [3.8, 4) is 0 Å². The highest BCUT2D eigenvalue weighted by Gasteiger charge is 2.10. The summed E-state index contributed by atoms with van der Waals surface area (Å²) in [5, 5.41) is 12.4. The SMILES string of the molecule is CCc1cc(C(=O)Nc2ccc(CC(=O)NC(C)C)cc2)n[nH]1. The third kappa shape index (κ3) is 4.95. The molecule has 6 nitrogen and oxygen atoms in total. The van der Waals surface area contributed by atoms with Gasteiger partial charge in [0.1, 0.15) is 0 Å². The van der Waals surface area contributed by atoms with Gasteiger partial charge in [0.25, 0.3) is 5.91 Å².